The number of nitrogens with zero attached hydrogens (tertiary/aromatic N) is 2. The minimum atomic E-state index is 0.364. The third kappa shape index (κ3) is 2.52. The molecule has 1 saturated carbocycles. The van der Waals surface area contributed by atoms with Crippen molar-refractivity contribution in [3.8, 4) is 0 Å². The highest BCUT2D eigenvalue weighted by atomic mass is 35.5. The molecule has 0 bridgehead atoms. The number of rotatable bonds is 3. The van der Waals surface area contributed by atoms with E-state index >= 15 is 0 Å². The highest BCUT2D eigenvalue weighted by molar-refractivity contribution is 6.33. The molecular formula is C10H13Cl2N3. The average molecular weight is 246 g/mol. The second-order valence-corrected chi connectivity index (χ2v) is 4.74. The molecule has 1 unspecified atom stereocenters. The van der Waals surface area contributed by atoms with Crippen molar-refractivity contribution in [3.05, 3.63) is 16.4 Å². The van der Waals surface area contributed by atoms with Gasteiger partial charge in [0.2, 0.25) is 0 Å². The maximum atomic E-state index is 5.91. The van der Waals surface area contributed by atoms with Crippen LogP contribution in [-0.2, 0) is 0 Å². The van der Waals surface area contributed by atoms with E-state index < -0.39 is 0 Å². The van der Waals surface area contributed by atoms with Crippen LogP contribution < -0.4 is 5.32 Å². The Bertz CT molecular complexity index is 353. The van der Waals surface area contributed by atoms with Crippen LogP contribution in [0.2, 0.25) is 10.3 Å². The van der Waals surface area contributed by atoms with E-state index in [2.05, 4.69) is 22.4 Å². The van der Waals surface area contributed by atoms with Gasteiger partial charge in [0.25, 0.3) is 0 Å². The summed E-state index contributed by atoms with van der Waals surface area (Å²) in [6.07, 6.45) is 3.91. The normalized spacial score (nSPS) is 18.3. The van der Waals surface area contributed by atoms with Gasteiger partial charge in [0.1, 0.15) is 0 Å². The first kappa shape index (κ1) is 11.0. The van der Waals surface area contributed by atoms with Gasteiger partial charge in [-0.1, -0.05) is 29.6 Å². The molecule has 0 saturated heterocycles. The Labute approximate surface area is 99.2 Å². The molecule has 0 aliphatic heterocycles. The molecule has 0 amide bonds. The molecule has 1 heterocycles. The molecule has 1 aliphatic carbocycles. The average Bonchev–Trinajstić information content (AvgIpc) is 2.08. The molecule has 15 heavy (non-hydrogen) atoms. The Hall–Kier alpha value is -0.540. The van der Waals surface area contributed by atoms with Gasteiger partial charge in [-0.25, -0.2) is 0 Å². The summed E-state index contributed by atoms with van der Waals surface area (Å²) in [5.74, 6) is 0.744. The number of anilines is 1. The van der Waals surface area contributed by atoms with Crippen LogP contribution in [0.15, 0.2) is 6.07 Å². The SMILES string of the molecule is CC(Nc1cc(Cl)nnc1Cl)C1CCC1. The lowest BCUT2D eigenvalue weighted by Gasteiger charge is -2.32. The van der Waals surface area contributed by atoms with E-state index in [0.717, 1.165) is 11.6 Å². The van der Waals surface area contributed by atoms with Gasteiger partial charge in [0.15, 0.2) is 10.3 Å². The molecule has 2 rings (SSSR count). The van der Waals surface area contributed by atoms with Crippen molar-refractivity contribution in [1.82, 2.24) is 10.2 Å². The predicted molar refractivity (Wildman–Crippen MR) is 62.5 cm³/mol. The Morgan fingerprint density at radius 3 is 2.73 bits per heavy atom. The fourth-order valence-corrected chi connectivity index (χ4v) is 2.05. The van der Waals surface area contributed by atoms with Gasteiger partial charge >= 0.3 is 0 Å². The van der Waals surface area contributed by atoms with E-state index in [4.69, 9.17) is 23.2 Å². The Balaban J connectivity index is 2.05. The number of nitrogens with one attached hydrogen (secondary N) is 1. The Morgan fingerprint density at radius 1 is 1.40 bits per heavy atom. The Morgan fingerprint density at radius 2 is 2.13 bits per heavy atom. The van der Waals surface area contributed by atoms with Gasteiger partial charge in [-0.15, -0.1) is 10.2 Å². The first-order valence-electron chi connectivity index (χ1n) is 5.12. The lowest BCUT2D eigenvalue weighted by molar-refractivity contribution is 0.285. The van der Waals surface area contributed by atoms with Crippen molar-refractivity contribution >= 4 is 28.9 Å². The lowest BCUT2D eigenvalue weighted by Crippen LogP contribution is -2.31. The van der Waals surface area contributed by atoms with Crippen LogP contribution in [0, 0.1) is 5.92 Å². The maximum Gasteiger partial charge on any atom is 0.174 e. The van der Waals surface area contributed by atoms with Gasteiger partial charge in [-0.05, 0) is 25.7 Å². The van der Waals surface area contributed by atoms with Crippen LogP contribution in [0.1, 0.15) is 26.2 Å². The second-order valence-electron chi connectivity index (χ2n) is 4.00. The quantitative estimate of drug-likeness (QED) is 0.888. The molecule has 3 nitrogen and oxygen atoms in total. The second kappa shape index (κ2) is 4.54. The summed E-state index contributed by atoms with van der Waals surface area (Å²) in [5.41, 5.74) is 0.774. The van der Waals surface area contributed by atoms with Crippen LogP contribution >= 0.6 is 23.2 Å². The fourth-order valence-electron chi connectivity index (χ4n) is 1.76. The summed E-state index contributed by atoms with van der Waals surface area (Å²) in [4.78, 5) is 0. The number of hydrogen-bond acceptors (Lipinski definition) is 3. The minimum absolute atomic E-state index is 0.364. The lowest BCUT2D eigenvalue weighted by atomic mass is 9.80. The van der Waals surface area contributed by atoms with Gasteiger partial charge in [0.05, 0.1) is 5.69 Å². The number of hydrogen-bond donors (Lipinski definition) is 1. The van der Waals surface area contributed by atoms with Crippen LogP contribution in [0.4, 0.5) is 5.69 Å². The van der Waals surface area contributed by atoms with Gasteiger partial charge < -0.3 is 5.32 Å². The van der Waals surface area contributed by atoms with Crippen molar-refractivity contribution in [2.45, 2.75) is 32.2 Å². The monoisotopic (exact) mass is 245 g/mol. The molecule has 1 aromatic heterocycles. The van der Waals surface area contributed by atoms with Crippen LogP contribution in [0.3, 0.4) is 0 Å². The summed E-state index contributed by atoms with van der Waals surface area (Å²) < 4.78 is 0. The molecule has 1 N–H and O–H groups in total. The van der Waals surface area contributed by atoms with Crippen molar-refractivity contribution in [1.29, 1.82) is 0 Å². The zero-order valence-electron chi connectivity index (χ0n) is 8.50. The predicted octanol–water partition coefficient (Wildman–Crippen LogP) is 3.38. The molecule has 1 fully saturated rings. The highest BCUT2D eigenvalue weighted by Gasteiger charge is 2.24. The molecule has 0 radical (unpaired) electrons. The first-order valence-corrected chi connectivity index (χ1v) is 5.87. The van der Waals surface area contributed by atoms with Crippen LogP contribution in [0.25, 0.3) is 0 Å². The number of halogens is 2. The molecule has 0 spiro atoms. The van der Waals surface area contributed by atoms with Gasteiger partial charge in [-0.3, -0.25) is 0 Å². The molecule has 5 heteroatoms. The largest absolute Gasteiger partial charge is 0.380 e. The van der Waals surface area contributed by atoms with Crippen LogP contribution in [0.5, 0.6) is 0 Å². The maximum absolute atomic E-state index is 5.91. The molecule has 0 aromatic carbocycles. The van der Waals surface area contributed by atoms with Crippen molar-refractivity contribution < 1.29 is 0 Å². The summed E-state index contributed by atoms with van der Waals surface area (Å²) in [6.45, 7) is 2.16. The smallest absolute Gasteiger partial charge is 0.174 e. The summed E-state index contributed by atoms with van der Waals surface area (Å²) in [7, 11) is 0. The summed E-state index contributed by atoms with van der Waals surface area (Å²) >= 11 is 11.7. The summed E-state index contributed by atoms with van der Waals surface area (Å²) in [6, 6.07) is 2.13. The number of aromatic nitrogens is 2. The third-order valence-electron chi connectivity index (χ3n) is 2.96. The van der Waals surface area contributed by atoms with Crippen molar-refractivity contribution in [2.75, 3.05) is 5.32 Å². The molecule has 1 atom stereocenters. The minimum Gasteiger partial charge on any atom is -0.380 e. The molecule has 1 aromatic rings. The fraction of sp³-hybridized carbons (Fsp3) is 0.600. The highest BCUT2D eigenvalue weighted by Crippen LogP contribution is 2.32. The zero-order chi connectivity index (χ0) is 10.8. The van der Waals surface area contributed by atoms with Gasteiger partial charge in [-0.2, -0.15) is 0 Å². The van der Waals surface area contributed by atoms with Gasteiger partial charge in [0, 0.05) is 12.1 Å². The van der Waals surface area contributed by atoms with Crippen LogP contribution in [-0.4, -0.2) is 16.2 Å². The van der Waals surface area contributed by atoms with Crippen molar-refractivity contribution in [3.63, 3.8) is 0 Å². The molecule has 82 valence electrons. The van der Waals surface area contributed by atoms with E-state index in [-0.39, 0.29) is 0 Å². The zero-order valence-corrected chi connectivity index (χ0v) is 10.0. The van der Waals surface area contributed by atoms with E-state index in [0.29, 0.717) is 16.3 Å². The summed E-state index contributed by atoms with van der Waals surface area (Å²) in [5, 5.41) is 11.5. The topological polar surface area (TPSA) is 37.8 Å². The first-order chi connectivity index (χ1) is 7.16. The van der Waals surface area contributed by atoms with Crippen molar-refractivity contribution in [2.24, 2.45) is 5.92 Å². The Kier molecular flexibility index (Phi) is 3.32. The van der Waals surface area contributed by atoms with E-state index in [1.54, 1.807) is 6.07 Å². The van der Waals surface area contributed by atoms with E-state index in [1.807, 2.05) is 0 Å². The van der Waals surface area contributed by atoms with E-state index in [1.165, 1.54) is 19.3 Å². The third-order valence-corrected chi connectivity index (χ3v) is 3.42. The molecule has 1 aliphatic rings. The van der Waals surface area contributed by atoms with E-state index in [9.17, 15) is 0 Å². The standard InChI is InChI=1S/C10H13Cl2N3/c1-6(7-3-2-4-7)13-8-5-9(11)14-15-10(8)12/h5-7H,2-4H2,1H3,(H,13,14). The molecular weight excluding hydrogens is 233 g/mol.